The Labute approximate surface area is 87.6 Å². The molecule has 0 aliphatic heterocycles. The van der Waals surface area contributed by atoms with E-state index in [1.165, 1.54) is 12.4 Å². The van der Waals surface area contributed by atoms with Crippen LogP contribution >= 0.6 is 0 Å². The van der Waals surface area contributed by atoms with Crippen LogP contribution in [0.1, 0.15) is 12.1 Å². The summed E-state index contributed by atoms with van der Waals surface area (Å²) in [7, 11) is 0. The van der Waals surface area contributed by atoms with Crippen LogP contribution in [0.4, 0.5) is 5.82 Å². The fourth-order valence-corrected chi connectivity index (χ4v) is 1.03. The summed E-state index contributed by atoms with van der Waals surface area (Å²) in [6.07, 6.45) is 8.20. The normalized spacial score (nSPS) is 11.5. The highest BCUT2D eigenvalue weighted by atomic mass is 16.4. The van der Waals surface area contributed by atoms with Gasteiger partial charge in [-0.15, -0.1) is 12.3 Å². The van der Waals surface area contributed by atoms with E-state index in [2.05, 4.69) is 21.2 Å². The first-order chi connectivity index (χ1) is 7.15. The Bertz CT molecular complexity index is 398. The third-order valence-corrected chi connectivity index (χ3v) is 1.81. The number of anilines is 1. The van der Waals surface area contributed by atoms with Gasteiger partial charge in [0.15, 0.2) is 0 Å². The number of nitrogens with zero attached hydrogens (tertiary/aromatic N) is 2. The minimum atomic E-state index is -1.00. The number of aryl methyl sites for hydroxylation is 1. The molecule has 1 unspecified atom stereocenters. The molecule has 5 heteroatoms. The van der Waals surface area contributed by atoms with Crippen LogP contribution < -0.4 is 5.32 Å². The fourth-order valence-electron chi connectivity index (χ4n) is 1.03. The maximum atomic E-state index is 10.8. The van der Waals surface area contributed by atoms with Gasteiger partial charge in [0, 0.05) is 18.8 Å². The molecule has 1 rings (SSSR count). The number of terminal acetylenes is 1. The van der Waals surface area contributed by atoms with Crippen molar-refractivity contribution >= 4 is 11.8 Å². The Hall–Kier alpha value is -2.09. The van der Waals surface area contributed by atoms with Gasteiger partial charge in [-0.3, -0.25) is 4.98 Å². The predicted molar refractivity (Wildman–Crippen MR) is 55.3 cm³/mol. The van der Waals surface area contributed by atoms with Crippen LogP contribution in [0.2, 0.25) is 0 Å². The minimum Gasteiger partial charge on any atom is -0.480 e. The molecule has 0 saturated carbocycles. The number of carboxylic acid groups (broad SMARTS) is 1. The molecule has 0 bridgehead atoms. The maximum Gasteiger partial charge on any atom is 0.327 e. The van der Waals surface area contributed by atoms with Gasteiger partial charge < -0.3 is 10.4 Å². The quantitative estimate of drug-likeness (QED) is 0.707. The van der Waals surface area contributed by atoms with Crippen molar-refractivity contribution in [2.75, 3.05) is 5.32 Å². The Balaban J connectivity index is 2.79. The fraction of sp³-hybridized carbons (Fsp3) is 0.300. The Morgan fingerprint density at radius 3 is 2.87 bits per heavy atom. The first kappa shape index (κ1) is 11.0. The van der Waals surface area contributed by atoms with E-state index in [-0.39, 0.29) is 6.42 Å². The van der Waals surface area contributed by atoms with Gasteiger partial charge in [-0.05, 0) is 6.92 Å². The molecule has 5 nitrogen and oxygen atoms in total. The molecule has 1 heterocycles. The largest absolute Gasteiger partial charge is 0.480 e. The van der Waals surface area contributed by atoms with Gasteiger partial charge in [0.1, 0.15) is 11.9 Å². The second-order valence-electron chi connectivity index (χ2n) is 2.93. The Kier molecular flexibility index (Phi) is 3.63. The highest BCUT2D eigenvalue weighted by molar-refractivity contribution is 5.77. The lowest BCUT2D eigenvalue weighted by atomic mass is 10.2. The lowest BCUT2D eigenvalue weighted by Crippen LogP contribution is -2.29. The minimum absolute atomic E-state index is 0.103. The summed E-state index contributed by atoms with van der Waals surface area (Å²) in [4.78, 5) is 18.8. The molecule has 0 aliphatic rings. The van der Waals surface area contributed by atoms with Gasteiger partial charge in [0.25, 0.3) is 0 Å². The number of hydrogen-bond acceptors (Lipinski definition) is 4. The third-order valence-electron chi connectivity index (χ3n) is 1.81. The van der Waals surface area contributed by atoms with Crippen LogP contribution in [-0.4, -0.2) is 27.1 Å². The van der Waals surface area contributed by atoms with E-state index in [0.29, 0.717) is 11.5 Å². The van der Waals surface area contributed by atoms with Crippen molar-refractivity contribution in [2.45, 2.75) is 19.4 Å². The van der Waals surface area contributed by atoms with Crippen molar-refractivity contribution in [3.8, 4) is 12.3 Å². The van der Waals surface area contributed by atoms with Gasteiger partial charge in [-0.1, -0.05) is 0 Å². The number of nitrogens with one attached hydrogen (secondary N) is 1. The molecular formula is C10H11N3O2. The summed E-state index contributed by atoms with van der Waals surface area (Å²) in [6.45, 7) is 1.74. The number of aromatic nitrogens is 2. The zero-order valence-corrected chi connectivity index (χ0v) is 8.27. The summed E-state index contributed by atoms with van der Waals surface area (Å²) in [5.41, 5.74) is 0.640. The average molecular weight is 205 g/mol. The van der Waals surface area contributed by atoms with Crippen LogP contribution in [0.25, 0.3) is 0 Å². The van der Waals surface area contributed by atoms with Crippen molar-refractivity contribution < 1.29 is 9.90 Å². The van der Waals surface area contributed by atoms with Gasteiger partial charge in [0.05, 0.1) is 5.69 Å². The number of carbonyl (C=O) groups is 1. The summed E-state index contributed by atoms with van der Waals surface area (Å²) in [5.74, 6) is 1.74. The standard InChI is InChI=1S/C10H11N3O2/c1-3-4-8(10(14)15)13-9-7(2)11-5-6-12-9/h1,5-6,8H,4H2,2H3,(H,12,13)(H,14,15). The molecule has 0 amide bonds. The van der Waals surface area contributed by atoms with Gasteiger partial charge in [-0.2, -0.15) is 0 Å². The summed E-state index contributed by atoms with van der Waals surface area (Å²) < 4.78 is 0. The van der Waals surface area contributed by atoms with E-state index in [0.717, 1.165) is 0 Å². The molecule has 0 aliphatic carbocycles. The molecule has 0 radical (unpaired) electrons. The van der Waals surface area contributed by atoms with E-state index in [1.807, 2.05) is 0 Å². The summed E-state index contributed by atoms with van der Waals surface area (Å²) in [6, 6.07) is -0.828. The van der Waals surface area contributed by atoms with E-state index in [4.69, 9.17) is 11.5 Å². The summed E-state index contributed by atoms with van der Waals surface area (Å²) in [5, 5.41) is 11.6. The van der Waals surface area contributed by atoms with Crippen LogP contribution in [-0.2, 0) is 4.79 Å². The van der Waals surface area contributed by atoms with Crippen LogP contribution in [0.3, 0.4) is 0 Å². The van der Waals surface area contributed by atoms with Crippen molar-refractivity contribution in [2.24, 2.45) is 0 Å². The molecule has 2 N–H and O–H groups in total. The molecule has 1 atom stereocenters. The topological polar surface area (TPSA) is 75.1 Å². The molecule has 15 heavy (non-hydrogen) atoms. The first-order valence-electron chi connectivity index (χ1n) is 4.35. The van der Waals surface area contributed by atoms with E-state index in [9.17, 15) is 4.79 Å². The van der Waals surface area contributed by atoms with Gasteiger partial charge >= 0.3 is 5.97 Å². The second kappa shape index (κ2) is 4.96. The number of hydrogen-bond donors (Lipinski definition) is 2. The lowest BCUT2D eigenvalue weighted by Gasteiger charge is -2.13. The van der Waals surface area contributed by atoms with E-state index < -0.39 is 12.0 Å². The highest BCUT2D eigenvalue weighted by Gasteiger charge is 2.17. The molecule has 78 valence electrons. The smallest absolute Gasteiger partial charge is 0.327 e. The zero-order chi connectivity index (χ0) is 11.3. The molecule has 0 spiro atoms. The zero-order valence-electron chi connectivity index (χ0n) is 8.27. The summed E-state index contributed by atoms with van der Waals surface area (Å²) >= 11 is 0. The number of aliphatic carboxylic acids is 1. The van der Waals surface area contributed by atoms with Crippen LogP contribution in [0, 0.1) is 19.3 Å². The first-order valence-corrected chi connectivity index (χ1v) is 4.35. The van der Waals surface area contributed by atoms with Gasteiger partial charge in [0.2, 0.25) is 0 Å². The van der Waals surface area contributed by atoms with Crippen molar-refractivity contribution in [3.05, 3.63) is 18.1 Å². The monoisotopic (exact) mass is 205 g/mol. The predicted octanol–water partition coefficient (Wildman–Crippen LogP) is 0.673. The Morgan fingerprint density at radius 2 is 2.33 bits per heavy atom. The molecule has 1 aromatic rings. The number of carboxylic acids is 1. The molecule has 0 aromatic carbocycles. The van der Waals surface area contributed by atoms with E-state index in [1.54, 1.807) is 6.92 Å². The van der Waals surface area contributed by atoms with Crippen molar-refractivity contribution in [1.29, 1.82) is 0 Å². The molecule has 0 fully saturated rings. The van der Waals surface area contributed by atoms with Crippen molar-refractivity contribution in [3.63, 3.8) is 0 Å². The second-order valence-corrected chi connectivity index (χ2v) is 2.93. The average Bonchev–Trinajstić information content (AvgIpc) is 2.20. The molecule has 0 saturated heterocycles. The van der Waals surface area contributed by atoms with Crippen LogP contribution in [0.15, 0.2) is 12.4 Å². The SMILES string of the molecule is C#CCC(Nc1nccnc1C)C(=O)O. The third kappa shape index (κ3) is 2.95. The number of rotatable bonds is 4. The maximum absolute atomic E-state index is 10.8. The van der Waals surface area contributed by atoms with Crippen LogP contribution in [0.5, 0.6) is 0 Å². The highest BCUT2D eigenvalue weighted by Crippen LogP contribution is 2.09. The van der Waals surface area contributed by atoms with E-state index >= 15 is 0 Å². The van der Waals surface area contributed by atoms with Crippen molar-refractivity contribution in [1.82, 2.24) is 9.97 Å². The van der Waals surface area contributed by atoms with Gasteiger partial charge in [-0.25, -0.2) is 9.78 Å². The molecular weight excluding hydrogens is 194 g/mol. The Morgan fingerprint density at radius 1 is 1.67 bits per heavy atom. The molecule has 1 aromatic heterocycles. The lowest BCUT2D eigenvalue weighted by molar-refractivity contribution is -0.137.